The summed E-state index contributed by atoms with van der Waals surface area (Å²) >= 11 is 4.89. The Morgan fingerprint density at radius 1 is 1.33 bits per heavy atom. The van der Waals surface area contributed by atoms with Gasteiger partial charge in [-0.1, -0.05) is 30.4 Å². The first-order chi connectivity index (χ1) is 8.70. The molecule has 92 valence electrons. The van der Waals surface area contributed by atoms with E-state index in [9.17, 15) is 5.11 Å². The number of pyridine rings is 1. The molecular weight excluding hydrogens is 248 g/mol. The van der Waals surface area contributed by atoms with E-state index < -0.39 is 0 Å². The van der Waals surface area contributed by atoms with E-state index >= 15 is 0 Å². The van der Waals surface area contributed by atoms with E-state index in [0.29, 0.717) is 22.8 Å². The van der Waals surface area contributed by atoms with Crippen molar-refractivity contribution in [2.75, 3.05) is 0 Å². The molecule has 0 amide bonds. The van der Waals surface area contributed by atoms with Gasteiger partial charge in [0.15, 0.2) is 0 Å². The maximum atomic E-state index is 9.20. The van der Waals surface area contributed by atoms with E-state index in [4.69, 9.17) is 22.7 Å². The van der Waals surface area contributed by atoms with Gasteiger partial charge in [-0.2, -0.15) is 0 Å². The van der Waals surface area contributed by atoms with Gasteiger partial charge in [0, 0.05) is 23.4 Å². The molecule has 0 spiro atoms. The summed E-state index contributed by atoms with van der Waals surface area (Å²) in [6.45, 7) is -0.0921. The number of aliphatic hydroxyl groups is 1. The lowest BCUT2D eigenvalue weighted by Gasteiger charge is -2.09. The SMILES string of the molecule is NC(=S)c1ccnc(Oc2ccccc2CO)c1. The second-order valence-electron chi connectivity index (χ2n) is 3.61. The first-order valence-electron chi connectivity index (χ1n) is 5.33. The third-order valence-corrected chi connectivity index (χ3v) is 2.61. The molecule has 0 saturated carbocycles. The Bertz CT molecular complexity index is 572. The van der Waals surface area contributed by atoms with E-state index in [1.165, 1.54) is 0 Å². The molecule has 0 atom stereocenters. The van der Waals surface area contributed by atoms with Crippen LogP contribution in [0.1, 0.15) is 11.1 Å². The smallest absolute Gasteiger partial charge is 0.219 e. The summed E-state index contributed by atoms with van der Waals surface area (Å²) in [6, 6.07) is 10.6. The molecule has 0 saturated heterocycles. The maximum absolute atomic E-state index is 9.20. The topological polar surface area (TPSA) is 68.4 Å². The van der Waals surface area contributed by atoms with Crippen LogP contribution in [0.3, 0.4) is 0 Å². The van der Waals surface area contributed by atoms with Gasteiger partial charge in [0.05, 0.1) is 6.61 Å². The summed E-state index contributed by atoms with van der Waals surface area (Å²) in [4.78, 5) is 4.36. The van der Waals surface area contributed by atoms with Gasteiger partial charge < -0.3 is 15.6 Å². The first kappa shape index (κ1) is 12.5. The molecule has 0 unspecified atom stereocenters. The van der Waals surface area contributed by atoms with E-state index in [1.54, 1.807) is 30.5 Å². The molecule has 2 aromatic rings. The van der Waals surface area contributed by atoms with E-state index in [2.05, 4.69) is 4.98 Å². The second kappa shape index (κ2) is 5.57. The summed E-state index contributed by atoms with van der Waals surface area (Å²) in [5.74, 6) is 0.953. The van der Waals surface area contributed by atoms with Crippen LogP contribution < -0.4 is 10.5 Å². The lowest BCUT2D eigenvalue weighted by molar-refractivity contribution is 0.276. The number of nitrogens with zero attached hydrogens (tertiary/aromatic N) is 1. The number of rotatable bonds is 4. The van der Waals surface area contributed by atoms with E-state index in [-0.39, 0.29) is 11.6 Å². The highest BCUT2D eigenvalue weighted by molar-refractivity contribution is 7.80. The second-order valence-corrected chi connectivity index (χ2v) is 4.05. The minimum absolute atomic E-state index is 0.0921. The number of benzene rings is 1. The number of thiocarbonyl (C=S) groups is 1. The third-order valence-electron chi connectivity index (χ3n) is 2.38. The highest BCUT2D eigenvalue weighted by Crippen LogP contribution is 2.24. The van der Waals surface area contributed by atoms with Gasteiger partial charge >= 0.3 is 0 Å². The minimum Gasteiger partial charge on any atom is -0.439 e. The quantitative estimate of drug-likeness (QED) is 0.823. The molecule has 1 aromatic heterocycles. The van der Waals surface area contributed by atoms with Gasteiger partial charge in [-0.15, -0.1) is 0 Å². The molecule has 1 aromatic carbocycles. The number of aliphatic hydroxyl groups excluding tert-OH is 1. The molecule has 0 aliphatic carbocycles. The molecule has 1 heterocycles. The average molecular weight is 260 g/mol. The van der Waals surface area contributed by atoms with Crippen molar-refractivity contribution < 1.29 is 9.84 Å². The van der Waals surface area contributed by atoms with Crippen LogP contribution in [0.5, 0.6) is 11.6 Å². The van der Waals surface area contributed by atoms with Gasteiger partial charge in [-0.3, -0.25) is 0 Å². The monoisotopic (exact) mass is 260 g/mol. The van der Waals surface area contributed by atoms with Crippen LogP contribution >= 0.6 is 12.2 Å². The maximum Gasteiger partial charge on any atom is 0.219 e. The van der Waals surface area contributed by atoms with Crippen molar-refractivity contribution in [1.82, 2.24) is 4.98 Å². The Labute approximate surface area is 110 Å². The number of aromatic nitrogens is 1. The van der Waals surface area contributed by atoms with Crippen molar-refractivity contribution >= 4 is 17.2 Å². The van der Waals surface area contributed by atoms with Crippen molar-refractivity contribution in [2.45, 2.75) is 6.61 Å². The zero-order chi connectivity index (χ0) is 13.0. The zero-order valence-electron chi connectivity index (χ0n) is 9.54. The van der Waals surface area contributed by atoms with Gasteiger partial charge in [-0.05, 0) is 12.1 Å². The first-order valence-corrected chi connectivity index (χ1v) is 5.74. The van der Waals surface area contributed by atoms with Crippen LogP contribution in [-0.4, -0.2) is 15.1 Å². The van der Waals surface area contributed by atoms with Crippen molar-refractivity contribution in [1.29, 1.82) is 0 Å². The van der Waals surface area contributed by atoms with Crippen LogP contribution in [0, 0.1) is 0 Å². The molecule has 0 bridgehead atoms. The van der Waals surface area contributed by atoms with Crippen molar-refractivity contribution in [3.05, 3.63) is 53.7 Å². The molecule has 0 radical (unpaired) electrons. The minimum atomic E-state index is -0.0921. The fourth-order valence-corrected chi connectivity index (χ4v) is 1.59. The van der Waals surface area contributed by atoms with E-state index in [0.717, 1.165) is 0 Å². The molecule has 0 fully saturated rings. The molecule has 18 heavy (non-hydrogen) atoms. The lowest BCUT2D eigenvalue weighted by Crippen LogP contribution is -2.09. The number of hydrogen-bond acceptors (Lipinski definition) is 4. The highest BCUT2D eigenvalue weighted by atomic mass is 32.1. The molecule has 0 aliphatic heterocycles. The van der Waals surface area contributed by atoms with Crippen LogP contribution in [-0.2, 0) is 6.61 Å². The Hall–Kier alpha value is -1.98. The van der Waals surface area contributed by atoms with Gasteiger partial charge in [0.1, 0.15) is 10.7 Å². The summed E-state index contributed by atoms with van der Waals surface area (Å²) in [6.07, 6.45) is 1.57. The predicted octanol–water partition coefficient (Wildman–Crippen LogP) is 2.00. The summed E-state index contributed by atoms with van der Waals surface area (Å²) in [5.41, 5.74) is 6.93. The fourth-order valence-electron chi connectivity index (χ4n) is 1.47. The summed E-state index contributed by atoms with van der Waals surface area (Å²) < 4.78 is 5.60. The van der Waals surface area contributed by atoms with Crippen LogP contribution in [0.2, 0.25) is 0 Å². The number of hydrogen-bond donors (Lipinski definition) is 2. The lowest BCUT2D eigenvalue weighted by atomic mass is 10.2. The van der Waals surface area contributed by atoms with Crippen LogP contribution in [0.4, 0.5) is 0 Å². The number of para-hydroxylation sites is 1. The number of nitrogens with two attached hydrogens (primary N) is 1. The largest absolute Gasteiger partial charge is 0.439 e. The molecule has 3 N–H and O–H groups in total. The normalized spacial score (nSPS) is 10.1. The molecule has 5 heteroatoms. The highest BCUT2D eigenvalue weighted by Gasteiger charge is 2.05. The Morgan fingerprint density at radius 3 is 2.83 bits per heavy atom. The third kappa shape index (κ3) is 2.82. The molecule has 2 rings (SSSR count). The molecule has 0 aliphatic rings. The Morgan fingerprint density at radius 2 is 2.11 bits per heavy atom. The van der Waals surface area contributed by atoms with Crippen molar-refractivity contribution in [3.63, 3.8) is 0 Å². The van der Waals surface area contributed by atoms with Gasteiger partial charge in [0.2, 0.25) is 5.88 Å². The van der Waals surface area contributed by atoms with Crippen LogP contribution in [0.25, 0.3) is 0 Å². The number of ether oxygens (including phenoxy) is 1. The Balaban J connectivity index is 2.28. The van der Waals surface area contributed by atoms with E-state index in [1.807, 2.05) is 12.1 Å². The van der Waals surface area contributed by atoms with Gasteiger partial charge in [-0.25, -0.2) is 4.98 Å². The molecule has 4 nitrogen and oxygen atoms in total. The van der Waals surface area contributed by atoms with Crippen molar-refractivity contribution in [2.24, 2.45) is 5.73 Å². The Kier molecular flexibility index (Phi) is 3.86. The van der Waals surface area contributed by atoms with Crippen molar-refractivity contribution in [3.8, 4) is 11.6 Å². The van der Waals surface area contributed by atoms with Crippen LogP contribution in [0.15, 0.2) is 42.6 Å². The molecular formula is C13H12N2O2S. The fraction of sp³-hybridized carbons (Fsp3) is 0.0769. The summed E-state index contributed by atoms with van der Waals surface area (Å²) in [7, 11) is 0. The predicted molar refractivity (Wildman–Crippen MR) is 72.6 cm³/mol. The standard InChI is InChI=1S/C13H12N2O2S/c14-13(18)9-5-6-15-12(7-9)17-11-4-2-1-3-10(11)8-16/h1-7,16H,8H2,(H2,14,18). The average Bonchev–Trinajstić information content (AvgIpc) is 2.39. The summed E-state index contributed by atoms with van der Waals surface area (Å²) in [5, 5.41) is 9.20. The van der Waals surface area contributed by atoms with Gasteiger partial charge in [0.25, 0.3) is 0 Å². The zero-order valence-corrected chi connectivity index (χ0v) is 10.4.